The Morgan fingerprint density at radius 2 is 0.923 bits per heavy atom. The Balaban J connectivity index is 0. The molecule has 0 aromatic rings. The van der Waals surface area contributed by atoms with Gasteiger partial charge in [-0.2, -0.15) is 0 Å². The summed E-state index contributed by atoms with van der Waals surface area (Å²) in [7, 11) is 0. The van der Waals surface area contributed by atoms with Gasteiger partial charge in [-0.1, -0.05) is 129 Å². The van der Waals surface area contributed by atoms with Gasteiger partial charge in [-0.3, -0.25) is 9.59 Å². The van der Waals surface area contributed by atoms with Gasteiger partial charge >= 0.3 is 0 Å². The Labute approximate surface area is 238 Å². The van der Waals surface area contributed by atoms with Crippen molar-refractivity contribution < 1.29 is 29.6 Å². The summed E-state index contributed by atoms with van der Waals surface area (Å²) in [5, 5.41) is 28.9. The molecule has 4 atom stereocenters. The molecule has 0 saturated carbocycles. The highest BCUT2D eigenvalue weighted by Gasteiger charge is 2.37. The van der Waals surface area contributed by atoms with E-state index < -0.39 is 36.2 Å². The molecule has 9 heteroatoms. The Bertz CT molecular complexity index is 543. The van der Waals surface area contributed by atoms with Gasteiger partial charge < -0.3 is 37.3 Å². The number of hydrogen-bond donors (Lipinski definition) is 6. The molecular formula is C30H63N3O6. The van der Waals surface area contributed by atoms with E-state index >= 15 is 0 Å². The lowest BCUT2D eigenvalue weighted by Crippen LogP contribution is -2.53. The van der Waals surface area contributed by atoms with Crippen LogP contribution in [0.5, 0.6) is 0 Å². The molecule has 0 bridgehead atoms. The molecule has 0 rings (SSSR count). The van der Waals surface area contributed by atoms with Crippen LogP contribution in [0.15, 0.2) is 0 Å². The zero-order valence-corrected chi connectivity index (χ0v) is 25.2. The van der Waals surface area contributed by atoms with E-state index in [1.54, 1.807) is 0 Å². The molecule has 0 aromatic carbocycles. The van der Waals surface area contributed by atoms with Crippen LogP contribution in [-0.2, 0) is 14.3 Å². The van der Waals surface area contributed by atoms with Crippen LogP contribution in [0.1, 0.15) is 142 Å². The molecule has 0 aliphatic rings. The first-order valence-electron chi connectivity index (χ1n) is 15.7. The van der Waals surface area contributed by atoms with Gasteiger partial charge in [0, 0.05) is 6.61 Å². The molecule has 9 nitrogen and oxygen atoms in total. The maximum Gasteiger partial charge on any atom is 0.249 e. The molecule has 0 unspecified atom stereocenters. The Morgan fingerprint density at radius 3 is 1.26 bits per heavy atom. The fourth-order valence-electron chi connectivity index (χ4n) is 4.31. The standard InChI is InChI=1S/C18H36N2O6.C12H27N/c1-2-3-4-5-6-7-8-9-10-11-12-26-16(18(20)25)14(22)13(21)15(23)17(19)24;1-2-3-4-5-6-7-8-9-10-11-12-13/h13-16,21-23H,2-12H2,1H3,(H2,19,24)(H2,20,25);2-13H2,1H3/t13-,14-,15-,16+;/m0./s1. The minimum atomic E-state index is -2.01. The molecule has 0 radical (unpaired) electrons. The van der Waals surface area contributed by atoms with E-state index in [0.29, 0.717) is 6.42 Å². The highest BCUT2D eigenvalue weighted by molar-refractivity contribution is 5.81. The van der Waals surface area contributed by atoms with Crippen molar-refractivity contribution in [3.8, 4) is 0 Å². The molecule has 0 aliphatic carbocycles. The lowest BCUT2D eigenvalue weighted by Gasteiger charge is -2.26. The van der Waals surface area contributed by atoms with Crippen molar-refractivity contribution in [2.24, 2.45) is 17.2 Å². The quantitative estimate of drug-likeness (QED) is 0.0811. The van der Waals surface area contributed by atoms with Crippen LogP contribution in [0.3, 0.4) is 0 Å². The van der Waals surface area contributed by atoms with Gasteiger partial charge in [-0.05, 0) is 19.4 Å². The average Bonchev–Trinajstić information content (AvgIpc) is 2.91. The van der Waals surface area contributed by atoms with E-state index in [2.05, 4.69) is 13.8 Å². The molecule has 0 fully saturated rings. The van der Waals surface area contributed by atoms with Crippen LogP contribution in [-0.4, -0.2) is 64.7 Å². The summed E-state index contributed by atoms with van der Waals surface area (Å²) < 4.78 is 5.24. The van der Waals surface area contributed by atoms with Gasteiger partial charge in [0.25, 0.3) is 0 Å². The van der Waals surface area contributed by atoms with Crippen LogP contribution >= 0.6 is 0 Å². The number of aliphatic hydroxyl groups is 3. The third kappa shape index (κ3) is 25.5. The van der Waals surface area contributed by atoms with E-state index in [4.69, 9.17) is 21.9 Å². The summed E-state index contributed by atoms with van der Waals surface area (Å²) in [5.74, 6) is -2.20. The number of aliphatic hydroxyl groups excluding tert-OH is 3. The molecule has 0 spiro atoms. The molecule has 0 aromatic heterocycles. The van der Waals surface area contributed by atoms with Crippen molar-refractivity contribution in [3.05, 3.63) is 0 Å². The predicted molar refractivity (Wildman–Crippen MR) is 159 cm³/mol. The minimum absolute atomic E-state index is 0.181. The summed E-state index contributed by atoms with van der Waals surface area (Å²) in [6.45, 7) is 5.52. The predicted octanol–water partition coefficient (Wildman–Crippen LogP) is 4.21. The number of amides is 2. The maximum atomic E-state index is 11.4. The third-order valence-corrected chi connectivity index (χ3v) is 6.91. The molecular weight excluding hydrogens is 498 g/mol. The lowest BCUT2D eigenvalue weighted by atomic mass is 10.0. The fourth-order valence-corrected chi connectivity index (χ4v) is 4.31. The number of ether oxygens (including phenoxy) is 1. The molecule has 234 valence electrons. The summed E-state index contributed by atoms with van der Waals surface area (Å²) in [6.07, 6.45) is 18.0. The molecule has 2 amide bonds. The van der Waals surface area contributed by atoms with E-state index in [1.807, 2.05) is 0 Å². The number of hydrogen-bond acceptors (Lipinski definition) is 7. The van der Waals surface area contributed by atoms with Gasteiger partial charge in [0.1, 0.15) is 12.2 Å². The van der Waals surface area contributed by atoms with Gasteiger partial charge in [0.15, 0.2) is 12.2 Å². The highest BCUT2D eigenvalue weighted by Crippen LogP contribution is 2.13. The largest absolute Gasteiger partial charge is 0.387 e. The normalized spacial score (nSPS) is 14.2. The number of rotatable bonds is 27. The first-order chi connectivity index (χ1) is 18.7. The Morgan fingerprint density at radius 1 is 0.564 bits per heavy atom. The van der Waals surface area contributed by atoms with Gasteiger partial charge in [0.05, 0.1) is 0 Å². The zero-order valence-electron chi connectivity index (χ0n) is 25.2. The molecule has 0 aliphatic heterocycles. The van der Waals surface area contributed by atoms with Crippen molar-refractivity contribution >= 4 is 11.8 Å². The van der Waals surface area contributed by atoms with Crippen LogP contribution in [0.4, 0.5) is 0 Å². The fraction of sp³-hybridized carbons (Fsp3) is 0.933. The van der Waals surface area contributed by atoms with E-state index in [9.17, 15) is 24.9 Å². The van der Waals surface area contributed by atoms with Gasteiger partial charge in [-0.15, -0.1) is 0 Å². The maximum absolute atomic E-state index is 11.4. The number of unbranched alkanes of at least 4 members (excludes halogenated alkanes) is 18. The smallest absolute Gasteiger partial charge is 0.249 e. The Kier molecular flexibility index (Phi) is 30.4. The second-order valence-electron chi connectivity index (χ2n) is 10.7. The van der Waals surface area contributed by atoms with E-state index in [-0.39, 0.29) is 6.61 Å². The summed E-state index contributed by atoms with van der Waals surface area (Å²) >= 11 is 0. The zero-order chi connectivity index (χ0) is 29.7. The molecule has 0 heterocycles. The lowest BCUT2D eigenvalue weighted by molar-refractivity contribution is -0.158. The van der Waals surface area contributed by atoms with Crippen LogP contribution in [0, 0.1) is 0 Å². The number of nitrogens with two attached hydrogens (primary N) is 3. The SMILES string of the molecule is CCCCCCCCCCCCN.CCCCCCCCCCCCO[C@@H](C(N)=O)[C@@H](O)[C@H](O)[C@H](O)C(N)=O. The van der Waals surface area contributed by atoms with Crippen LogP contribution in [0.25, 0.3) is 0 Å². The second kappa shape index (κ2) is 29.7. The number of primary amides is 2. The van der Waals surface area contributed by atoms with Gasteiger partial charge in [0.2, 0.25) is 11.8 Å². The number of carbonyl (C=O) groups excluding carboxylic acids is 2. The van der Waals surface area contributed by atoms with E-state index in [1.165, 1.54) is 103 Å². The third-order valence-electron chi connectivity index (χ3n) is 6.91. The van der Waals surface area contributed by atoms with Crippen molar-refractivity contribution in [1.29, 1.82) is 0 Å². The minimum Gasteiger partial charge on any atom is -0.387 e. The molecule has 0 saturated heterocycles. The Hall–Kier alpha value is -1.26. The van der Waals surface area contributed by atoms with Crippen molar-refractivity contribution in [2.75, 3.05) is 13.2 Å². The van der Waals surface area contributed by atoms with Crippen molar-refractivity contribution in [2.45, 2.75) is 167 Å². The van der Waals surface area contributed by atoms with Gasteiger partial charge in [-0.25, -0.2) is 0 Å². The highest BCUT2D eigenvalue weighted by atomic mass is 16.5. The van der Waals surface area contributed by atoms with Crippen LogP contribution in [0.2, 0.25) is 0 Å². The topological polar surface area (TPSA) is 182 Å². The van der Waals surface area contributed by atoms with Crippen molar-refractivity contribution in [1.82, 2.24) is 0 Å². The van der Waals surface area contributed by atoms with Crippen LogP contribution < -0.4 is 17.2 Å². The summed E-state index contributed by atoms with van der Waals surface area (Å²) in [6, 6.07) is 0. The van der Waals surface area contributed by atoms with Crippen molar-refractivity contribution in [3.63, 3.8) is 0 Å². The molecule has 9 N–H and O–H groups in total. The average molecular weight is 562 g/mol. The molecule has 39 heavy (non-hydrogen) atoms. The second-order valence-corrected chi connectivity index (χ2v) is 10.7. The summed E-state index contributed by atoms with van der Waals surface area (Å²) in [5.41, 5.74) is 15.4. The first-order valence-corrected chi connectivity index (χ1v) is 15.7. The van der Waals surface area contributed by atoms with E-state index in [0.717, 1.165) is 25.8 Å². The monoisotopic (exact) mass is 561 g/mol. The summed E-state index contributed by atoms with van der Waals surface area (Å²) in [4.78, 5) is 22.2. The number of carbonyl (C=O) groups is 2. The first kappa shape index (κ1) is 39.9.